The van der Waals surface area contributed by atoms with Gasteiger partial charge in [0.25, 0.3) is 0 Å². The smallest absolute Gasteiger partial charge is 0.0404 e. The first-order chi connectivity index (χ1) is 12.0. The maximum Gasteiger partial charge on any atom is 0.0404 e. The molecule has 0 aliphatic carbocycles. The van der Waals surface area contributed by atoms with E-state index in [2.05, 4.69) is 27.7 Å². The average molecular weight is 356 g/mol. The highest BCUT2D eigenvalue weighted by atomic mass is 16.5. The third-order valence-corrected chi connectivity index (χ3v) is 5.53. The summed E-state index contributed by atoms with van der Waals surface area (Å²) in [4.78, 5) is 0. The zero-order valence-corrected chi connectivity index (χ0v) is 18.1. The molecule has 0 spiro atoms. The van der Waals surface area contributed by atoms with Gasteiger partial charge in [-0.3, -0.25) is 0 Å². The van der Waals surface area contributed by atoms with E-state index in [0.29, 0.717) is 0 Å². The second-order valence-electron chi connectivity index (χ2n) is 8.64. The van der Waals surface area contributed by atoms with Gasteiger partial charge < -0.3 is 5.21 Å². The molecule has 1 N–H and O–H groups in total. The van der Waals surface area contributed by atoms with Crippen molar-refractivity contribution in [2.24, 2.45) is 0 Å². The Morgan fingerprint density at radius 3 is 1.28 bits per heavy atom. The Bertz CT molecular complexity index is 265. The van der Waals surface area contributed by atoms with E-state index in [1.165, 1.54) is 101 Å². The summed E-state index contributed by atoms with van der Waals surface area (Å²) in [7, 11) is 0. The molecule has 0 aliphatic heterocycles. The molecule has 0 saturated heterocycles. The van der Waals surface area contributed by atoms with Crippen molar-refractivity contribution in [3.8, 4) is 0 Å². The molecule has 2 nitrogen and oxygen atoms in total. The quantitative estimate of drug-likeness (QED) is 0.187. The van der Waals surface area contributed by atoms with Crippen molar-refractivity contribution in [3.05, 3.63) is 0 Å². The van der Waals surface area contributed by atoms with Crippen LogP contribution in [0.1, 0.15) is 137 Å². The molecule has 2 heteroatoms. The fourth-order valence-electron chi connectivity index (χ4n) is 3.57. The summed E-state index contributed by atoms with van der Waals surface area (Å²) in [6.07, 6.45) is 23.2. The molecule has 0 aromatic carbocycles. The van der Waals surface area contributed by atoms with Gasteiger partial charge in [0.15, 0.2) is 0 Å². The maximum absolute atomic E-state index is 10.0. The summed E-state index contributed by atoms with van der Waals surface area (Å²) < 4.78 is 0. The number of hydrogen-bond donors (Lipinski definition) is 1. The Morgan fingerprint density at radius 2 is 0.920 bits per heavy atom. The minimum atomic E-state index is -0.0629. The Balaban J connectivity index is 3.26. The van der Waals surface area contributed by atoms with Crippen LogP contribution in [0.4, 0.5) is 0 Å². The number of hydroxylamine groups is 2. The van der Waals surface area contributed by atoms with Crippen LogP contribution in [0.5, 0.6) is 0 Å². The van der Waals surface area contributed by atoms with Crippen molar-refractivity contribution in [1.29, 1.82) is 0 Å². The van der Waals surface area contributed by atoms with Crippen LogP contribution < -0.4 is 0 Å². The molecule has 25 heavy (non-hydrogen) atoms. The molecule has 0 bridgehead atoms. The Labute approximate surface area is 159 Å². The minimum Gasteiger partial charge on any atom is -0.313 e. The van der Waals surface area contributed by atoms with Gasteiger partial charge in [-0.05, 0) is 26.7 Å². The van der Waals surface area contributed by atoms with E-state index in [9.17, 15) is 5.21 Å². The highest BCUT2D eigenvalue weighted by Gasteiger charge is 2.23. The lowest BCUT2D eigenvalue weighted by molar-refractivity contribution is -0.164. The normalized spacial score (nSPS) is 12.2. The molecule has 0 fully saturated rings. The number of rotatable bonds is 19. The molecule has 0 aromatic heterocycles. The summed E-state index contributed by atoms with van der Waals surface area (Å²) in [5.74, 6) is 0. The fourth-order valence-corrected chi connectivity index (χ4v) is 3.57. The largest absolute Gasteiger partial charge is 0.313 e. The second-order valence-corrected chi connectivity index (χ2v) is 8.64. The Kier molecular flexibility index (Phi) is 17.3. The van der Waals surface area contributed by atoms with Crippen molar-refractivity contribution in [2.45, 2.75) is 142 Å². The number of nitrogens with zero attached hydrogens (tertiary/aromatic N) is 1. The standard InChI is InChI=1S/C23H49NO/c1-5-7-8-9-10-11-12-13-14-15-16-17-18-19-20-21-23(3,4)24(25)22-6-2/h25H,5-22H2,1-4H3. The topological polar surface area (TPSA) is 23.5 Å². The fraction of sp³-hybridized carbons (Fsp3) is 1.00. The predicted octanol–water partition coefficient (Wildman–Crippen LogP) is 8.13. The lowest BCUT2D eigenvalue weighted by Crippen LogP contribution is -2.41. The molecule has 0 rings (SSSR count). The highest BCUT2D eigenvalue weighted by molar-refractivity contribution is 4.75. The van der Waals surface area contributed by atoms with Crippen LogP contribution in [0, 0.1) is 0 Å². The van der Waals surface area contributed by atoms with Crippen LogP contribution in [0.25, 0.3) is 0 Å². The van der Waals surface area contributed by atoms with E-state index in [1.54, 1.807) is 0 Å². The van der Waals surface area contributed by atoms with E-state index in [4.69, 9.17) is 0 Å². The number of unbranched alkanes of at least 4 members (excludes halogenated alkanes) is 14. The van der Waals surface area contributed by atoms with Crippen molar-refractivity contribution >= 4 is 0 Å². The molecule has 0 atom stereocenters. The third-order valence-electron chi connectivity index (χ3n) is 5.53. The first-order valence-electron chi connectivity index (χ1n) is 11.5. The molecule has 0 aromatic rings. The van der Waals surface area contributed by atoms with Gasteiger partial charge in [-0.2, -0.15) is 5.06 Å². The first-order valence-corrected chi connectivity index (χ1v) is 11.5. The van der Waals surface area contributed by atoms with Crippen LogP contribution in [-0.2, 0) is 0 Å². The molecular formula is C23H49NO. The van der Waals surface area contributed by atoms with Gasteiger partial charge >= 0.3 is 0 Å². The van der Waals surface area contributed by atoms with Crippen molar-refractivity contribution < 1.29 is 5.21 Å². The molecule has 0 unspecified atom stereocenters. The first kappa shape index (κ1) is 24.9. The van der Waals surface area contributed by atoms with E-state index < -0.39 is 0 Å². The van der Waals surface area contributed by atoms with E-state index in [1.807, 2.05) is 0 Å². The molecule has 0 heterocycles. The monoisotopic (exact) mass is 355 g/mol. The van der Waals surface area contributed by atoms with Gasteiger partial charge in [0.05, 0.1) is 0 Å². The van der Waals surface area contributed by atoms with Crippen LogP contribution in [0.15, 0.2) is 0 Å². The molecule has 0 amide bonds. The molecule has 152 valence electrons. The van der Waals surface area contributed by atoms with Crippen LogP contribution in [-0.4, -0.2) is 22.4 Å². The van der Waals surface area contributed by atoms with Crippen LogP contribution in [0.3, 0.4) is 0 Å². The summed E-state index contributed by atoms with van der Waals surface area (Å²) in [5.41, 5.74) is -0.0629. The Morgan fingerprint density at radius 1 is 0.560 bits per heavy atom. The minimum absolute atomic E-state index is 0.0629. The van der Waals surface area contributed by atoms with E-state index in [0.717, 1.165) is 19.4 Å². The van der Waals surface area contributed by atoms with Crippen molar-refractivity contribution in [1.82, 2.24) is 5.06 Å². The maximum atomic E-state index is 10.0. The summed E-state index contributed by atoms with van der Waals surface area (Å²) >= 11 is 0. The summed E-state index contributed by atoms with van der Waals surface area (Å²) in [6, 6.07) is 0. The SMILES string of the molecule is CCCCCCCCCCCCCCCCCC(C)(C)N(O)CCC. The Hall–Kier alpha value is -0.0800. The van der Waals surface area contributed by atoms with Crippen LogP contribution >= 0.6 is 0 Å². The molecular weight excluding hydrogens is 306 g/mol. The third kappa shape index (κ3) is 15.9. The summed E-state index contributed by atoms with van der Waals surface area (Å²) in [5, 5.41) is 11.6. The average Bonchev–Trinajstić information content (AvgIpc) is 2.58. The van der Waals surface area contributed by atoms with Gasteiger partial charge in [0, 0.05) is 12.1 Å². The zero-order chi connectivity index (χ0) is 18.8. The lowest BCUT2D eigenvalue weighted by Gasteiger charge is -2.33. The molecule has 0 aliphatic rings. The van der Waals surface area contributed by atoms with Gasteiger partial charge in [-0.25, -0.2) is 0 Å². The molecule has 0 saturated carbocycles. The van der Waals surface area contributed by atoms with E-state index in [-0.39, 0.29) is 5.54 Å². The lowest BCUT2D eigenvalue weighted by atomic mass is 9.95. The van der Waals surface area contributed by atoms with Crippen molar-refractivity contribution in [3.63, 3.8) is 0 Å². The highest BCUT2D eigenvalue weighted by Crippen LogP contribution is 2.21. The van der Waals surface area contributed by atoms with Gasteiger partial charge in [-0.15, -0.1) is 0 Å². The van der Waals surface area contributed by atoms with Gasteiger partial charge in [-0.1, -0.05) is 110 Å². The number of hydrogen-bond acceptors (Lipinski definition) is 2. The van der Waals surface area contributed by atoms with E-state index >= 15 is 0 Å². The predicted molar refractivity (Wildman–Crippen MR) is 112 cm³/mol. The summed E-state index contributed by atoms with van der Waals surface area (Å²) in [6.45, 7) is 9.51. The molecule has 0 radical (unpaired) electrons. The van der Waals surface area contributed by atoms with Gasteiger partial charge in [0.1, 0.15) is 0 Å². The second kappa shape index (κ2) is 17.3. The van der Waals surface area contributed by atoms with Gasteiger partial charge in [0.2, 0.25) is 0 Å². The van der Waals surface area contributed by atoms with Crippen molar-refractivity contribution in [2.75, 3.05) is 6.54 Å². The van der Waals surface area contributed by atoms with Crippen LogP contribution in [0.2, 0.25) is 0 Å². The zero-order valence-electron chi connectivity index (χ0n) is 18.1.